The molecule has 1 heterocycles. The predicted molar refractivity (Wildman–Crippen MR) is 76.0 cm³/mol. The quantitative estimate of drug-likeness (QED) is 0.902. The first-order valence-electron chi connectivity index (χ1n) is 7.32. The van der Waals surface area contributed by atoms with Gasteiger partial charge in [-0.25, -0.2) is 0 Å². The molecule has 3 rings (SSSR count). The molecule has 1 aromatic rings. The Bertz CT molecular complexity index is 529. The van der Waals surface area contributed by atoms with Crippen LogP contribution in [-0.4, -0.2) is 37.5 Å². The van der Waals surface area contributed by atoms with Crippen molar-refractivity contribution in [2.45, 2.75) is 37.2 Å². The van der Waals surface area contributed by atoms with E-state index in [1.54, 1.807) is 13.2 Å². The van der Waals surface area contributed by atoms with Crippen LogP contribution >= 0.6 is 0 Å². The molecule has 2 fully saturated rings. The number of hydrogen-bond acceptors (Lipinski definition) is 4. The van der Waals surface area contributed by atoms with Crippen LogP contribution in [0.5, 0.6) is 11.5 Å². The summed E-state index contributed by atoms with van der Waals surface area (Å²) in [5, 5.41) is 9.40. The van der Waals surface area contributed by atoms with Crippen LogP contribution in [0.15, 0.2) is 18.2 Å². The van der Waals surface area contributed by atoms with Gasteiger partial charge in [-0.2, -0.15) is 0 Å². The topological polar surface area (TPSA) is 65.0 Å². The lowest BCUT2D eigenvalue weighted by atomic mass is 9.96. The van der Waals surface area contributed by atoms with E-state index in [2.05, 4.69) is 0 Å². The maximum atomic E-state index is 11.4. The van der Waals surface area contributed by atoms with Crippen molar-refractivity contribution in [2.24, 2.45) is 0 Å². The first kappa shape index (κ1) is 14.2. The van der Waals surface area contributed by atoms with Crippen LogP contribution < -0.4 is 9.47 Å². The molecule has 0 aromatic heterocycles. The third-order valence-electron chi connectivity index (χ3n) is 4.29. The fourth-order valence-electron chi connectivity index (χ4n) is 2.80. The lowest BCUT2D eigenvalue weighted by molar-refractivity contribution is -0.140. The first-order valence-corrected chi connectivity index (χ1v) is 7.32. The molecular formula is C16H20O5. The average Bonchev–Trinajstić information content (AvgIpc) is 3.30. The number of rotatable bonds is 5. The van der Waals surface area contributed by atoms with Crippen LogP contribution in [-0.2, 0) is 14.9 Å². The molecule has 5 heteroatoms. The van der Waals surface area contributed by atoms with Gasteiger partial charge in [0.15, 0.2) is 11.5 Å². The number of carboxylic acid groups (broad SMARTS) is 1. The lowest BCUT2D eigenvalue weighted by Crippen LogP contribution is -2.28. The van der Waals surface area contributed by atoms with Gasteiger partial charge in [-0.1, -0.05) is 6.07 Å². The molecule has 0 spiro atoms. The van der Waals surface area contributed by atoms with Gasteiger partial charge in [-0.05, 0) is 43.4 Å². The monoisotopic (exact) mass is 292 g/mol. The van der Waals surface area contributed by atoms with Crippen LogP contribution in [0.3, 0.4) is 0 Å². The van der Waals surface area contributed by atoms with E-state index in [-0.39, 0.29) is 6.10 Å². The van der Waals surface area contributed by atoms with Crippen LogP contribution in [0.2, 0.25) is 0 Å². The number of aliphatic carboxylic acids is 1. The van der Waals surface area contributed by atoms with Gasteiger partial charge in [0.1, 0.15) is 6.10 Å². The van der Waals surface area contributed by atoms with Crippen LogP contribution in [0.4, 0.5) is 0 Å². The fraction of sp³-hybridized carbons (Fsp3) is 0.562. The lowest BCUT2D eigenvalue weighted by Gasteiger charge is -2.25. The minimum absolute atomic E-state index is 0.00267. The molecule has 0 radical (unpaired) electrons. The van der Waals surface area contributed by atoms with Gasteiger partial charge in [0.2, 0.25) is 0 Å². The summed E-state index contributed by atoms with van der Waals surface area (Å²) >= 11 is 0. The van der Waals surface area contributed by atoms with Crippen molar-refractivity contribution >= 4 is 5.97 Å². The molecule has 114 valence electrons. The standard InChI is InChI=1S/C16H20O5/c1-19-13-5-4-11(16(6-7-16)15(17)18)9-14(13)21-12-3-2-8-20-10-12/h4-5,9,12H,2-3,6-8,10H2,1H3,(H,17,18). The summed E-state index contributed by atoms with van der Waals surface area (Å²) in [6, 6.07) is 5.43. The molecule has 1 saturated heterocycles. The number of ether oxygens (including phenoxy) is 3. The summed E-state index contributed by atoms with van der Waals surface area (Å²) < 4.78 is 16.7. The van der Waals surface area contributed by atoms with Gasteiger partial charge in [-0.3, -0.25) is 4.79 Å². The maximum Gasteiger partial charge on any atom is 0.314 e. The molecule has 1 atom stereocenters. The van der Waals surface area contributed by atoms with E-state index in [9.17, 15) is 9.90 Å². The van der Waals surface area contributed by atoms with Crippen molar-refractivity contribution in [3.63, 3.8) is 0 Å². The second-order valence-corrected chi connectivity index (χ2v) is 5.71. The van der Waals surface area contributed by atoms with E-state index >= 15 is 0 Å². The number of carbonyl (C=O) groups is 1. The molecule has 0 amide bonds. The van der Waals surface area contributed by atoms with Gasteiger partial charge < -0.3 is 19.3 Å². The normalized spacial score (nSPS) is 23.4. The molecule has 1 unspecified atom stereocenters. The zero-order chi connectivity index (χ0) is 14.9. The Morgan fingerprint density at radius 1 is 1.38 bits per heavy atom. The van der Waals surface area contributed by atoms with E-state index in [0.717, 1.165) is 25.0 Å². The molecule has 5 nitrogen and oxygen atoms in total. The molecular weight excluding hydrogens is 272 g/mol. The van der Waals surface area contributed by atoms with Gasteiger partial charge in [-0.15, -0.1) is 0 Å². The fourth-order valence-corrected chi connectivity index (χ4v) is 2.80. The van der Waals surface area contributed by atoms with Crippen molar-refractivity contribution in [3.8, 4) is 11.5 Å². The largest absolute Gasteiger partial charge is 0.493 e. The van der Waals surface area contributed by atoms with Crippen molar-refractivity contribution in [1.29, 1.82) is 0 Å². The summed E-state index contributed by atoms with van der Waals surface area (Å²) in [6.45, 7) is 1.34. The Labute approximate surface area is 123 Å². The van der Waals surface area contributed by atoms with Crippen LogP contribution in [0, 0.1) is 0 Å². The molecule has 1 aromatic carbocycles. The maximum absolute atomic E-state index is 11.4. The summed E-state index contributed by atoms with van der Waals surface area (Å²) in [6.07, 6.45) is 3.28. The number of benzene rings is 1. The van der Waals surface area contributed by atoms with Crippen molar-refractivity contribution in [2.75, 3.05) is 20.3 Å². The molecule has 1 saturated carbocycles. The van der Waals surface area contributed by atoms with E-state index < -0.39 is 11.4 Å². The molecule has 2 aliphatic rings. The summed E-state index contributed by atoms with van der Waals surface area (Å²) in [4.78, 5) is 11.4. The van der Waals surface area contributed by atoms with Crippen molar-refractivity contribution in [1.82, 2.24) is 0 Å². The molecule has 1 N–H and O–H groups in total. The highest BCUT2D eigenvalue weighted by Crippen LogP contribution is 2.50. The third-order valence-corrected chi connectivity index (χ3v) is 4.29. The zero-order valence-electron chi connectivity index (χ0n) is 12.1. The number of methoxy groups -OCH3 is 1. The van der Waals surface area contributed by atoms with Crippen molar-refractivity contribution < 1.29 is 24.1 Å². The van der Waals surface area contributed by atoms with Crippen molar-refractivity contribution in [3.05, 3.63) is 23.8 Å². The Kier molecular flexibility index (Phi) is 3.76. The highest BCUT2D eigenvalue weighted by atomic mass is 16.5. The van der Waals surface area contributed by atoms with E-state index in [4.69, 9.17) is 14.2 Å². The minimum Gasteiger partial charge on any atom is -0.493 e. The van der Waals surface area contributed by atoms with Gasteiger partial charge in [0, 0.05) is 6.61 Å². The zero-order valence-corrected chi connectivity index (χ0v) is 12.1. The Balaban J connectivity index is 1.85. The minimum atomic E-state index is -0.764. The second-order valence-electron chi connectivity index (χ2n) is 5.71. The van der Waals surface area contributed by atoms with Crippen LogP contribution in [0.1, 0.15) is 31.2 Å². The highest BCUT2D eigenvalue weighted by Gasteiger charge is 2.52. The third kappa shape index (κ3) is 2.70. The second kappa shape index (κ2) is 5.56. The number of carboxylic acids is 1. The predicted octanol–water partition coefficient (Wildman–Crippen LogP) is 2.37. The van der Waals surface area contributed by atoms with Gasteiger partial charge >= 0.3 is 5.97 Å². The van der Waals surface area contributed by atoms with E-state index in [0.29, 0.717) is 30.9 Å². The summed E-state index contributed by atoms with van der Waals surface area (Å²) in [5.74, 6) is 0.475. The SMILES string of the molecule is COc1ccc(C2(C(=O)O)CC2)cc1OC1CCCOC1. The van der Waals surface area contributed by atoms with E-state index in [1.165, 1.54) is 0 Å². The van der Waals surface area contributed by atoms with Crippen LogP contribution in [0.25, 0.3) is 0 Å². The summed E-state index contributed by atoms with van der Waals surface area (Å²) in [5.41, 5.74) is 0.0653. The number of hydrogen-bond donors (Lipinski definition) is 1. The highest BCUT2D eigenvalue weighted by molar-refractivity contribution is 5.85. The van der Waals surface area contributed by atoms with Gasteiger partial charge in [0.05, 0.1) is 19.1 Å². The smallest absolute Gasteiger partial charge is 0.314 e. The molecule has 21 heavy (non-hydrogen) atoms. The Morgan fingerprint density at radius 2 is 2.19 bits per heavy atom. The van der Waals surface area contributed by atoms with E-state index in [1.807, 2.05) is 12.1 Å². The Morgan fingerprint density at radius 3 is 2.76 bits per heavy atom. The average molecular weight is 292 g/mol. The van der Waals surface area contributed by atoms with Gasteiger partial charge in [0.25, 0.3) is 0 Å². The summed E-state index contributed by atoms with van der Waals surface area (Å²) in [7, 11) is 1.59. The first-order chi connectivity index (χ1) is 10.2. The molecule has 0 bridgehead atoms. The molecule has 1 aliphatic heterocycles. The molecule has 1 aliphatic carbocycles. The Hall–Kier alpha value is -1.75.